The van der Waals surface area contributed by atoms with Crippen LogP contribution < -0.4 is 15.4 Å². The molecule has 1 aromatic carbocycles. The summed E-state index contributed by atoms with van der Waals surface area (Å²) >= 11 is 0. The molecule has 2 N–H and O–H groups in total. The molecule has 1 aliphatic rings. The van der Waals surface area contributed by atoms with E-state index in [2.05, 4.69) is 20.4 Å². The largest absolute Gasteiger partial charge is 0.496 e. The highest BCUT2D eigenvalue weighted by Crippen LogP contribution is 2.27. The predicted molar refractivity (Wildman–Crippen MR) is 71.3 cm³/mol. The average Bonchev–Trinajstić information content (AvgIpc) is 2.47. The number of amides is 1. The molecule has 6 heteroatoms. The zero-order chi connectivity index (χ0) is 13.7. The number of aliphatic imine (C=N–C) groups is 1. The first-order valence-corrected chi connectivity index (χ1v) is 6.03. The maximum atomic E-state index is 11.2. The summed E-state index contributed by atoms with van der Waals surface area (Å²) in [5.41, 5.74) is 1.05. The minimum atomic E-state index is -0.535. The molecular formula is C13H17N3O3. The van der Waals surface area contributed by atoms with E-state index in [1.807, 2.05) is 24.3 Å². The van der Waals surface area contributed by atoms with Gasteiger partial charge in [0.2, 0.25) is 5.96 Å². The Morgan fingerprint density at radius 3 is 2.95 bits per heavy atom. The maximum absolute atomic E-state index is 11.2. The average molecular weight is 263 g/mol. The third kappa shape index (κ3) is 3.15. The van der Waals surface area contributed by atoms with Gasteiger partial charge in [0.15, 0.2) is 0 Å². The van der Waals surface area contributed by atoms with Crippen LogP contribution in [0.25, 0.3) is 0 Å². The molecule has 0 saturated heterocycles. The summed E-state index contributed by atoms with van der Waals surface area (Å²) in [5.74, 6) is 1.24. The molecular weight excluding hydrogens is 246 g/mol. The van der Waals surface area contributed by atoms with Crippen LogP contribution in [0.15, 0.2) is 29.3 Å². The Morgan fingerprint density at radius 2 is 2.21 bits per heavy atom. The summed E-state index contributed by atoms with van der Waals surface area (Å²) in [5, 5.41) is 5.71. The number of carbonyl (C=O) groups excluding carboxylic acids is 1. The van der Waals surface area contributed by atoms with E-state index in [0.717, 1.165) is 17.7 Å². The van der Waals surface area contributed by atoms with Crippen molar-refractivity contribution in [3.05, 3.63) is 29.8 Å². The number of nitrogens with one attached hydrogen (secondary N) is 2. The lowest BCUT2D eigenvalue weighted by Gasteiger charge is -2.26. The van der Waals surface area contributed by atoms with Crippen LogP contribution in [-0.2, 0) is 4.74 Å². The number of alkyl carbamates (subject to hydrolysis) is 1. The van der Waals surface area contributed by atoms with Crippen molar-refractivity contribution < 1.29 is 14.3 Å². The number of hydrogen-bond acceptors (Lipinski definition) is 5. The summed E-state index contributed by atoms with van der Waals surface area (Å²) in [6, 6.07) is 7.85. The van der Waals surface area contributed by atoms with Crippen LogP contribution in [0, 0.1) is 0 Å². The van der Waals surface area contributed by atoms with E-state index >= 15 is 0 Å². The van der Waals surface area contributed by atoms with Crippen molar-refractivity contribution in [1.82, 2.24) is 10.6 Å². The quantitative estimate of drug-likeness (QED) is 0.847. The Labute approximate surface area is 111 Å². The van der Waals surface area contributed by atoms with E-state index in [1.54, 1.807) is 7.11 Å². The molecule has 1 aromatic rings. The second kappa shape index (κ2) is 6.08. The topological polar surface area (TPSA) is 72.0 Å². The summed E-state index contributed by atoms with van der Waals surface area (Å²) in [6.07, 6.45) is 0.305. The first-order valence-electron chi connectivity index (χ1n) is 6.03. The lowest BCUT2D eigenvalue weighted by atomic mass is 10.0. The number of carbonyl (C=O) groups is 1. The molecule has 2 rings (SSSR count). The molecule has 0 spiro atoms. The van der Waals surface area contributed by atoms with Gasteiger partial charge in [-0.1, -0.05) is 18.2 Å². The molecule has 0 aliphatic carbocycles. The van der Waals surface area contributed by atoms with Crippen LogP contribution in [0.2, 0.25) is 0 Å². The Balaban J connectivity index is 2.11. The monoisotopic (exact) mass is 263 g/mol. The van der Waals surface area contributed by atoms with Crippen molar-refractivity contribution in [2.45, 2.75) is 12.5 Å². The number of benzene rings is 1. The van der Waals surface area contributed by atoms with Gasteiger partial charge < -0.3 is 14.8 Å². The SMILES string of the molecule is COC(=O)NC1=NCCC(c2ccccc2OC)N1. The van der Waals surface area contributed by atoms with Gasteiger partial charge in [0, 0.05) is 12.1 Å². The van der Waals surface area contributed by atoms with Crippen molar-refractivity contribution in [3.8, 4) is 5.75 Å². The van der Waals surface area contributed by atoms with Crippen molar-refractivity contribution >= 4 is 12.1 Å². The number of ether oxygens (including phenoxy) is 2. The number of methoxy groups -OCH3 is 2. The smallest absolute Gasteiger partial charge is 0.413 e. The summed E-state index contributed by atoms with van der Waals surface area (Å²) in [6.45, 7) is 0.634. The standard InChI is InChI=1S/C13H17N3O3/c1-18-11-6-4-3-5-9(11)10-7-8-14-12(15-10)16-13(17)19-2/h3-6,10H,7-8H2,1-2H3,(H2,14,15,16,17). The van der Waals surface area contributed by atoms with Crippen molar-refractivity contribution in [1.29, 1.82) is 0 Å². The third-order valence-corrected chi connectivity index (χ3v) is 2.92. The number of hydrogen-bond donors (Lipinski definition) is 2. The minimum Gasteiger partial charge on any atom is -0.496 e. The first kappa shape index (κ1) is 13.2. The lowest BCUT2D eigenvalue weighted by Crippen LogP contribution is -2.45. The Bertz CT molecular complexity index is 488. The number of nitrogens with zero attached hydrogens (tertiary/aromatic N) is 1. The van der Waals surface area contributed by atoms with Gasteiger partial charge in [-0.25, -0.2) is 4.79 Å². The fraction of sp³-hybridized carbons (Fsp3) is 0.385. The maximum Gasteiger partial charge on any atom is 0.413 e. The van der Waals surface area contributed by atoms with Gasteiger partial charge in [-0.2, -0.15) is 0 Å². The highest BCUT2D eigenvalue weighted by Gasteiger charge is 2.21. The molecule has 102 valence electrons. The summed E-state index contributed by atoms with van der Waals surface area (Å²) in [4.78, 5) is 15.4. The molecule has 19 heavy (non-hydrogen) atoms. The molecule has 0 fully saturated rings. The second-order valence-corrected chi connectivity index (χ2v) is 4.07. The van der Waals surface area contributed by atoms with E-state index < -0.39 is 6.09 Å². The van der Waals surface area contributed by atoms with E-state index in [1.165, 1.54) is 7.11 Å². The normalized spacial score (nSPS) is 18.0. The van der Waals surface area contributed by atoms with Crippen LogP contribution in [0.5, 0.6) is 5.75 Å². The number of rotatable bonds is 2. The van der Waals surface area contributed by atoms with E-state index in [4.69, 9.17) is 4.74 Å². The van der Waals surface area contributed by atoms with Gasteiger partial charge in [-0.15, -0.1) is 0 Å². The zero-order valence-corrected chi connectivity index (χ0v) is 11.0. The zero-order valence-electron chi connectivity index (χ0n) is 11.0. The number of para-hydroxylation sites is 1. The molecule has 0 saturated carbocycles. The Hall–Kier alpha value is -2.24. The van der Waals surface area contributed by atoms with Crippen molar-refractivity contribution in [3.63, 3.8) is 0 Å². The fourth-order valence-corrected chi connectivity index (χ4v) is 2.00. The van der Waals surface area contributed by atoms with Gasteiger partial charge in [0.25, 0.3) is 0 Å². The Kier molecular flexibility index (Phi) is 4.22. The molecule has 0 radical (unpaired) electrons. The van der Waals surface area contributed by atoms with Gasteiger partial charge >= 0.3 is 6.09 Å². The molecule has 1 unspecified atom stereocenters. The summed E-state index contributed by atoms with van der Waals surface area (Å²) < 4.78 is 9.89. The van der Waals surface area contributed by atoms with Gasteiger partial charge in [-0.05, 0) is 12.5 Å². The van der Waals surface area contributed by atoms with Crippen LogP contribution in [0.3, 0.4) is 0 Å². The highest BCUT2D eigenvalue weighted by molar-refractivity contribution is 5.94. The van der Waals surface area contributed by atoms with Crippen LogP contribution in [0.4, 0.5) is 4.79 Å². The van der Waals surface area contributed by atoms with Crippen LogP contribution in [0.1, 0.15) is 18.0 Å². The lowest BCUT2D eigenvalue weighted by molar-refractivity contribution is 0.176. The van der Waals surface area contributed by atoms with Crippen LogP contribution in [-0.4, -0.2) is 32.8 Å². The van der Waals surface area contributed by atoms with E-state index in [-0.39, 0.29) is 6.04 Å². The first-order chi connectivity index (χ1) is 9.24. The minimum absolute atomic E-state index is 0.0563. The molecule has 6 nitrogen and oxygen atoms in total. The van der Waals surface area contributed by atoms with Gasteiger partial charge in [0.05, 0.1) is 20.3 Å². The van der Waals surface area contributed by atoms with Gasteiger partial charge in [-0.3, -0.25) is 10.3 Å². The van der Waals surface area contributed by atoms with Crippen molar-refractivity contribution in [2.75, 3.05) is 20.8 Å². The molecule has 1 atom stereocenters. The third-order valence-electron chi connectivity index (χ3n) is 2.92. The fourth-order valence-electron chi connectivity index (χ4n) is 2.00. The highest BCUT2D eigenvalue weighted by atomic mass is 16.5. The number of guanidine groups is 1. The second-order valence-electron chi connectivity index (χ2n) is 4.07. The predicted octanol–water partition coefficient (Wildman–Crippen LogP) is 1.44. The molecule has 0 bridgehead atoms. The van der Waals surface area contributed by atoms with Gasteiger partial charge in [0.1, 0.15) is 5.75 Å². The molecule has 0 aromatic heterocycles. The summed E-state index contributed by atoms with van der Waals surface area (Å²) in [7, 11) is 2.96. The van der Waals surface area contributed by atoms with Crippen molar-refractivity contribution in [2.24, 2.45) is 4.99 Å². The molecule has 1 aliphatic heterocycles. The molecule has 1 heterocycles. The molecule has 1 amide bonds. The van der Waals surface area contributed by atoms with E-state index in [0.29, 0.717) is 12.5 Å². The Morgan fingerprint density at radius 1 is 1.42 bits per heavy atom. The van der Waals surface area contributed by atoms with E-state index in [9.17, 15) is 4.79 Å². The van der Waals surface area contributed by atoms with Crippen LogP contribution >= 0.6 is 0 Å².